The van der Waals surface area contributed by atoms with Gasteiger partial charge in [-0.25, -0.2) is 0 Å². The van der Waals surface area contributed by atoms with E-state index < -0.39 is 0 Å². The lowest BCUT2D eigenvalue weighted by molar-refractivity contribution is 0.474. The molecule has 2 aromatic rings. The fourth-order valence-corrected chi connectivity index (χ4v) is 3.09. The summed E-state index contributed by atoms with van der Waals surface area (Å²) in [5, 5.41) is 13.9. The van der Waals surface area contributed by atoms with Gasteiger partial charge in [0, 0.05) is 17.5 Å². The lowest BCUT2D eigenvalue weighted by Crippen LogP contribution is -2.20. The van der Waals surface area contributed by atoms with Gasteiger partial charge >= 0.3 is 0 Å². The monoisotopic (exact) mass is 309 g/mol. The summed E-state index contributed by atoms with van der Waals surface area (Å²) in [5.74, 6) is 0.481. The Bertz CT molecular complexity index is 587. The molecule has 1 heterocycles. The van der Waals surface area contributed by atoms with E-state index in [9.17, 15) is 5.11 Å². The molecule has 1 aliphatic heterocycles. The number of halogens is 2. The second kappa shape index (κ2) is 6.49. The van der Waals surface area contributed by atoms with E-state index in [0.717, 1.165) is 30.6 Å². The maximum atomic E-state index is 9.82. The maximum absolute atomic E-state index is 9.82. The van der Waals surface area contributed by atoms with Crippen LogP contribution in [-0.4, -0.2) is 18.2 Å². The summed E-state index contributed by atoms with van der Waals surface area (Å²) in [6, 6.07) is 13.8. The number of rotatable bonds is 1. The van der Waals surface area contributed by atoms with E-state index in [1.54, 1.807) is 6.07 Å². The van der Waals surface area contributed by atoms with Gasteiger partial charge in [0.25, 0.3) is 0 Å². The Kier molecular flexibility index (Phi) is 4.92. The van der Waals surface area contributed by atoms with Gasteiger partial charge in [0.2, 0.25) is 0 Å². The molecule has 4 heteroatoms. The zero-order valence-corrected chi connectivity index (χ0v) is 12.5. The average Bonchev–Trinajstić information content (AvgIpc) is 2.62. The first-order valence-corrected chi connectivity index (χ1v) is 6.90. The smallest absolute Gasteiger partial charge is 0.117 e. The first kappa shape index (κ1) is 15.2. The summed E-state index contributed by atoms with van der Waals surface area (Å²) in [6.45, 7) is 1.79. The summed E-state index contributed by atoms with van der Waals surface area (Å²) in [6.07, 6.45) is 0.901. The molecule has 0 saturated carbocycles. The fourth-order valence-electron chi connectivity index (χ4n) is 2.77. The van der Waals surface area contributed by atoms with Gasteiger partial charge in [-0.1, -0.05) is 41.9 Å². The maximum Gasteiger partial charge on any atom is 0.117 e. The second-order valence-electron chi connectivity index (χ2n) is 4.91. The van der Waals surface area contributed by atoms with Crippen LogP contribution in [0.25, 0.3) is 0 Å². The van der Waals surface area contributed by atoms with E-state index in [0.29, 0.717) is 5.02 Å². The van der Waals surface area contributed by atoms with Gasteiger partial charge < -0.3 is 10.4 Å². The summed E-state index contributed by atoms with van der Waals surface area (Å²) in [4.78, 5) is 0. The van der Waals surface area contributed by atoms with Crippen LogP contribution in [0.15, 0.2) is 42.5 Å². The molecule has 0 bridgehead atoms. The van der Waals surface area contributed by atoms with Crippen LogP contribution in [0.2, 0.25) is 5.02 Å². The van der Waals surface area contributed by atoms with Gasteiger partial charge in [0.1, 0.15) is 5.75 Å². The van der Waals surface area contributed by atoms with Crippen molar-refractivity contribution in [2.45, 2.75) is 12.3 Å². The van der Waals surface area contributed by atoms with E-state index in [1.165, 1.54) is 5.56 Å². The number of aromatic hydroxyl groups is 1. The minimum absolute atomic E-state index is 0. The van der Waals surface area contributed by atoms with Crippen molar-refractivity contribution in [3.63, 3.8) is 0 Å². The van der Waals surface area contributed by atoms with Crippen molar-refractivity contribution in [3.05, 3.63) is 64.2 Å². The topological polar surface area (TPSA) is 32.3 Å². The molecule has 2 aromatic carbocycles. The standard InChI is InChI=1S/C16H16ClNO.ClH/c17-16-9-12(19)8-14-13(16)6-7-18-10-15(14)11-4-2-1-3-5-11;/h1-5,8-9,15,18-19H,6-7,10H2;1H. The molecule has 0 saturated heterocycles. The van der Waals surface area contributed by atoms with Crippen LogP contribution in [0.1, 0.15) is 22.6 Å². The molecule has 0 spiro atoms. The Morgan fingerprint density at radius 2 is 1.90 bits per heavy atom. The van der Waals surface area contributed by atoms with E-state index >= 15 is 0 Å². The van der Waals surface area contributed by atoms with Crippen molar-refractivity contribution < 1.29 is 5.11 Å². The Labute approximate surface area is 130 Å². The number of fused-ring (bicyclic) bond motifs is 1. The molecule has 3 rings (SSSR count). The molecule has 2 N–H and O–H groups in total. The molecule has 2 nitrogen and oxygen atoms in total. The second-order valence-corrected chi connectivity index (χ2v) is 5.32. The molecular formula is C16H17Cl2NO. The van der Waals surface area contributed by atoms with Crippen molar-refractivity contribution in [1.82, 2.24) is 5.32 Å². The van der Waals surface area contributed by atoms with Gasteiger partial charge in [-0.3, -0.25) is 0 Å². The van der Waals surface area contributed by atoms with Gasteiger partial charge in [-0.15, -0.1) is 12.4 Å². The molecular weight excluding hydrogens is 293 g/mol. The number of benzene rings is 2. The van der Waals surface area contributed by atoms with Crippen LogP contribution in [-0.2, 0) is 6.42 Å². The summed E-state index contributed by atoms with van der Waals surface area (Å²) >= 11 is 6.28. The molecule has 20 heavy (non-hydrogen) atoms. The molecule has 106 valence electrons. The van der Waals surface area contributed by atoms with Crippen LogP contribution in [0.3, 0.4) is 0 Å². The summed E-state index contributed by atoms with van der Waals surface area (Å²) in [5.41, 5.74) is 3.54. The Hall–Kier alpha value is -1.22. The predicted octanol–water partition coefficient (Wildman–Crippen LogP) is 3.75. The van der Waals surface area contributed by atoms with Crippen molar-refractivity contribution in [2.24, 2.45) is 0 Å². The van der Waals surface area contributed by atoms with Gasteiger partial charge in [0.15, 0.2) is 0 Å². The molecule has 0 radical (unpaired) electrons. The van der Waals surface area contributed by atoms with E-state index in [1.807, 2.05) is 24.3 Å². The van der Waals surface area contributed by atoms with Crippen LogP contribution < -0.4 is 5.32 Å². The number of phenolic OH excluding ortho intramolecular Hbond substituents is 1. The number of nitrogens with one attached hydrogen (secondary N) is 1. The molecule has 1 unspecified atom stereocenters. The lowest BCUT2D eigenvalue weighted by atomic mass is 9.88. The quantitative estimate of drug-likeness (QED) is 0.841. The molecule has 0 aromatic heterocycles. The van der Waals surface area contributed by atoms with Gasteiger partial charge in [0.05, 0.1) is 0 Å². The van der Waals surface area contributed by atoms with Crippen LogP contribution in [0.5, 0.6) is 5.75 Å². The Morgan fingerprint density at radius 1 is 1.15 bits per heavy atom. The summed E-state index contributed by atoms with van der Waals surface area (Å²) in [7, 11) is 0. The average molecular weight is 310 g/mol. The van der Waals surface area contributed by atoms with Gasteiger partial charge in [-0.05, 0) is 41.8 Å². The van der Waals surface area contributed by atoms with Crippen LogP contribution >= 0.6 is 24.0 Å². The minimum atomic E-state index is 0. The zero-order valence-electron chi connectivity index (χ0n) is 11.0. The zero-order chi connectivity index (χ0) is 13.2. The molecule has 1 atom stereocenters. The van der Waals surface area contributed by atoms with E-state index in [-0.39, 0.29) is 24.1 Å². The number of phenols is 1. The predicted molar refractivity (Wildman–Crippen MR) is 85.2 cm³/mol. The molecule has 0 amide bonds. The van der Waals surface area contributed by atoms with Crippen molar-refractivity contribution >= 4 is 24.0 Å². The Balaban J connectivity index is 0.00000147. The fraction of sp³-hybridized carbons (Fsp3) is 0.250. The van der Waals surface area contributed by atoms with E-state index in [2.05, 4.69) is 17.4 Å². The minimum Gasteiger partial charge on any atom is -0.508 e. The molecule has 0 fully saturated rings. The highest BCUT2D eigenvalue weighted by molar-refractivity contribution is 6.31. The van der Waals surface area contributed by atoms with Crippen molar-refractivity contribution in [3.8, 4) is 5.75 Å². The van der Waals surface area contributed by atoms with Gasteiger partial charge in [-0.2, -0.15) is 0 Å². The first-order chi connectivity index (χ1) is 9.25. The third kappa shape index (κ3) is 2.93. The number of hydrogen-bond donors (Lipinski definition) is 2. The third-order valence-corrected chi connectivity index (χ3v) is 4.03. The highest BCUT2D eigenvalue weighted by Gasteiger charge is 2.22. The SMILES string of the molecule is Cl.Oc1cc(Cl)c2c(c1)C(c1ccccc1)CNCC2. The largest absolute Gasteiger partial charge is 0.508 e. The Morgan fingerprint density at radius 3 is 2.65 bits per heavy atom. The third-order valence-electron chi connectivity index (χ3n) is 3.69. The summed E-state index contributed by atoms with van der Waals surface area (Å²) < 4.78 is 0. The lowest BCUT2D eigenvalue weighted by Gasteiger charge is -2.19. The van der Waals surface area contributed by atoms with Crippen molar-refractivity contribution in [1.29, 1.82) is 0 Å². The normalized spacial score (nSPS) is 17.8. The highest BCUT2D eigenvalue weighted by Crippen LogP contribution is 2.35. The molecule has 0 aliphatic carbocycles. The molecule has 1 aliphatic rings. The number of hydrogen-bond acceptors (Lipinski definition) is 2. The van der Waals surface area contributed by atoms with Crippen LogP contribution in [0, 0.1) is 0 Å². The highest BCUT2D eigenvalue weighted by atomic mass is 35.5. The van der Waals surface area contributed by atoms with E-state index in [4.69, 9.17) is 11.6 Å². The van der Waals surface area contributed by atoms with Crippen LogP contribution in [0.4, 0.5) is 0 Å². The first-order valence-electron chi connectivity index (χ1n) is 6.52. The van der Waals surface area contributed by atoms with Crippen molar-refractivity contribution in [2.75, 3.05) is 13.1 Å².